The first-order valence-corrected chi connectivity index (χ1v) is 5.94. The van der Waals surface area contributed by atoms with Crippen molar-refractivity contribution in [3.05, 3.63) is 0 Å². The lowest BCUT2D eigenvalue weighted by atomic mass is 10.4. The third-order valence-corrected chi connectivity index (χ3v) is 2.66. The zero-order valence-electron chi connectivity index (χ0n) is 10.7. The summed E-state index contributed by atoms with van der Waals surface area (Å²) in [5.74, 6) is -0.00367. The number of rotatable bonds is 3. The van der Waals surface area contributed by atoms with Crippen molar-refractivity contribution in [1.29, 1.82) is 0 Å². The first-order chi connectivity index (χ1) is 9.36. The summed E-state index contributed by atoms with van der Waals surface area (Å²) >= 11 is 0. The van der Waals surface area contributed by atoms with Gasteiger partial charge in [0.25, 0.3) is 0 Å². The number of alkyl halides is 3. The number of nitrogens with two attached hydrogens (primary N) is 1. The summed E-state index contributed by atoms with van der Waals surface area (Å²) in [6, 6.07) is -0.441. The highest BCUT2D eigenvalue weighted by Gasteiger charge is 2.38. The zero-order chi connectivity index (χ0) is 14.8. The molecule has 0 aliphatic carbocycles. The fraction of sp³-hybridized carbons (Fsp3) is 0.700. The van der Waals surface area contributed by atoms with Crippen LogP contribution in [-0.2, 0) is 4.74 Å². The summed E-state index contributed by atoms with van der Waals surface area (Å²) in [4.78, 5) is 13.0. The molecule has 0 aromatic carbocycles. The van der Waals surface area contributed by atoms with E-state index in [9.17, 15) is 13.2 Å². The summed E-state index contributed by atoms with van der Waals surface area (Å²) in [5, 5.41) is 0. The zero-order valence-corrected chi connectivity index (χ0v) is 10.7. The van der Waals surface area contributed by atoms with Gasteiger partial charge >= 0.3 is 12.2 Å². The van der Waals surface area contributed by atoms with Crippen LogP contribution in [0.15, 0.2) is 0 Å². The Balaban J connectivity index is 2.15. The van der Waals surface area contributed by atoms with E-state index in [-0.39, 0.29) is 11.9 Å². The van der Waals surface area contributed by atoms with E-state index in [0.29, 0.717) is 26.3 Å². The SMILES string of the molecule is CC(Oc1nc(N)nc(N2CCOCC2)n1)C(F)(F)F. The molecule has 1 unspecified atom stereocenters. The number of aromatic nitrogens is 3. The number of anilines is 2. The number of halogens is 3. The normalized spacial score (nSPS) is 17.9. The third-order valence-electron chi connectivity index (χ3n) is 2.66. The Bertz CT molecular complexity index is 465. The summed E-state index contributed by atoms with van der Waals surface area (Å²) < 4.78 is 47.1. The quantitative estimate of drug-likeness (QED) is 0.874. The van der Waals surface area contributed by atoms with Crippen LogP contribution in [0.3, 0.4) is 0 Å². The van der Waals surface area contributed by atoms with Gasteiger partial charge in [-0.3, -0.25) is 0 Å². The third kappa shape index (κ3) is 3.59. The molecule has 0 radical (unpaired) electrons. The van der Waals surface area contributed by atoms with E-state index in [4.69, 9.17) is 10.5 Å². The highest BCUT2D eigenvalue weighted by atomic mass is 19.4. The van der Waals surface area contributed by atoms with E-state index in [0.717, 1.165) is 6.92 Å². The number of morpholine rings is 1. The Labute approximate surface area is 112 Å². The number of hydrogen-bond acceptors (Lipinski definition) is 7. The Hall–Kier alpha value is -1.84. The van der Waals surface area contributed by atoms with Gasteiger partial charge in [0.1, 0.15) is 0 Å². The minimum Gasteiger partial charge on any atom is -0.451 e. The molecule has 7 nitrogen and oxygen atoms in total. The summed E-state index contributed by atoms with van der Waals surface area (Å²) in [6.07, 6.45) is -6.53. The van der Waals surface area contributed by atoms with Crippen LogP contribution in [0.4, 0.5) is 25.1 Å². The second kappa shape index (κ2) is 5.65. The van der Waals surface area contributed by atoms with Crippen molar-refractivity contribution in [2.45, 2.75) is 19.2 Å². The standard InChI is InChI=1S/C10H14F3N5O2/c1-6(10(11,12)13)20-9-16-7(14)15-8(17-9)18-2-4-19-5-3-18/h6H,2-5H2,1H3,(H2,14,15,16,17). The fourth-order valence-electron chi connectivity index (χ4n) is 1.54. The van der Waals surface area contributed by atoms with Crippen LogP contribution in [0.25, 0.3) is 0 Å². The Morgan fingerprint density at radius 1 is 1.25 bits per heavy atom. The van der Waals surface area contributed by atoms with Crippen LogP contribution >= 0.6 is 0 Å². The molecule has 1 aromatic rings. The summed E-state index contributed by atoms with van der Waals surface area (Å²) in [6.45, 7) is 2.89. The van der Waals surface area contributed by atoms with Crippen molar-refractivity contribution in [2.24, 2.45) is 0 Å². The van der Waals surface area contributed by atoms with Gasteiger partial charge in [0.05, 0.1) is 13.2 Å². The lowest BCUT2D eigenvalue weighted by Crippen LogP contribution is -2.38. The number of ether oxygens (including phenoxy) is 2. The Kier molecular flexibility index (Phi) is 4.12. The van der Waals surface area contributed by atoms with E-state index in [1.807, 2.05) is 0 Å². The average Bonchev–Trinajstić information content (AvgIpc) is 2.38. The largest absolute Gasteiger partial charge is 0.451 e. The van der Waals surface area contributed by atoms with E-state index in [1.54, 1.807) is 4.90 Å². The van der Waals surface area contributed by atoms with Crippen molar-refractivity contribution in [3.8, 4) is 6.01 Å². The van der Waals surface area contributed by atoms with Crippen molar-refractivity contribution in [3.63, 3.8) is 0 Å². The van der Waals surface area contributed by atoms with Gasteiger partial charge in [-0.1, -0.05) is 0 Å². The second-order valence-electron chi connectivity index (χ2n) is 4.18. The van der Waals surface area contributed by atoms with Gasteiger partial charge in [-0.25, -0.2) is 0 Å². The van der Waals surface area contributed by atoms with Crippen molar-refractivity contribution < 1.29 is 22.6 Å². The molecule has 2 rings (SSSR count). The molecule has 1 aromatic heterocycles. The van der Waals surface area contributed by atoms with E-state index in [1.165, 1.54) is 0 Å². The van der Waals surface area contributed by atoms with Crippen LogP contribution in [-0.4, -0.2) is 53.5 Å². The molecule has 0 amide bonds. The lowest BCUT2D eigenvalue weighted by Gasteiger charge is -2.27. The van der Waals surface area contributed by atoms with Crippen molar-refractivity contribution in [2.75, 3.05) is 36.9 Å². The molecule has 10 heteroatoms. The van der Waals surface area contributed by atoms with Crippen LogP contribution in [0.2, 0.25) is 0 Å². The van der Waals surface area contributed by atoms with Gasteiger partial charge in [-0.05, 0) is 6.92 Å². The lowest BCUT2D eigenvalue weighted by molar-refractivity contribution is -0.190. The molecule has 1 fully saturated rings. The van der Waals surface area contributed by atoms with E-state index < -0.39 is 18.3 Å². The summed E-state index contributed by atoms with van der Waals surface area (Å²) in [7, 11) is 0. The molecule has 2 heterocycles. The molecular formula is C10H14F3N5O2. The van der Waals surface area contributed by atoms with Crippen molar-refractivity contribution >= 4 is 11.9 Å². The van der Waals surface area contributed by atoms with Gasteiger partial charge < -0.3 is 20.1 Å². The van der Waals surface area contributed by atoms with Gasteiger partial charge in [-0.15, -0.1) is 0 Å². The molecule has 0 spiro atoms. The maximum absolute atomic E-state index is 12.4. The first kappa shape index (κ1) is 14.6. The molecule has 2 N–H and O–H groups in total. The van der Waals surface area contributed by atoms with Crippen LogP contribution in [0, 0.1) is 0 Å². The Morgan fingerprint density at radius 3 is 2.50 bits per heavy atom. The second-order valence-corrected chi connectivity index (χ2v) is 4.18. The van der Waals surface area contributed by atoms with E-state index >= 15 is 0 Å². The fourth-order valence-corrected chi connectivity index (χ4v) is 1.54. The minimum atomic E-state index is -4.50. The molecule has 0 bridgehead atoms. The molecule has 20 heavy (non-hydrogen) atoms. The van der Waals surface area contributed by atoms with Gasteiger partial charge in [0.2, 0.25) is 11.9 Å². The molecular weight excluding hydrogens is 279 g/mol. The molecule has 0 saturated carbocycles. The Morgan fingerprint density at radius 2 is 1.90 bits per heavy atom. The van der Waals surface area contributed by atoms with Crippen molar-refractivity contribution in [1.82, 2.24) is 15.0 Å². The van der Waals surface area contributed by atoms with Crippen LogP contribution < -0.4 is 15.4 Å². The summed E-state index contributed by atoms with van der Waals surface area (Å²) in [5.41, 5.74) is 5.47. The van der Waals surface area contributed by atoms with Gasteiger partial charge in [0, 0.05) is 13.1 Å². The number of nitrogens with zero attached hydrogens (tertiary/aromatic N) is 4. The van der Waals surface area contributed by atoms with Gasteiger partial charge in [-0.2, -0.15) is 28.1 Å². The number of nitrogen functional groups attached to an aromatic ring is 1. The molecule has 1 aliphatic rings. The predicted molar refractivity (Wildman–Crippen MR) is 63.4 cm³/mol. The van der Waals surface area contributed by atoms with Crippen LogP contribution in [0.1, 0.15) is 6.92 Å². The predicted octanol–water partition coefficient (Wildman–Crippen LogP) is 0.620. The smallest absolute Gasteiger partial charge is 0.425 e. The monoisotopic (exact) mass is 293 g/mol. The average molecular weight is 293 g/mol. The number of hydrogen-bond donors (Lipinski definition) is 1. The highest BCUT2D eigenvalue weighted by Crippen LogP contribution is 2.24. The first-order valence-electron chi connectivity index (χ1n) is 5.94. The molecule has 1 atom stereocenters. The van der Waals surface area contributed by atoms with Gasteiger partial charge in [0.15, 0.2) is 6.10 Å². The maximum atomic E-state index is 12.4. The highest BCUT2D eigenvalue weighted by molar-refractivity contribution is 5.36. The minimum absolute atomic E-state index is 0.185. The topological polar surface area (TPSA) is 86.4 Å². The maximum Gasteiger partial charge on any atom is 0.425 e. The molecule has 1 saturated heterocycles. The molecule has 1 aliphatic heterocycles. The van der Waals surface area contributed by atoms with E-state index in [2.05, 4.69) is 19.7 Å². The molecule has 112 valence electrons. The van der Waals surface area contributed by atoms with Crippen LogP contribution in [0.5, 0.6) is 6.01 Å².